The van der Waals surface area contributed by atoms with Crippen molar-refractivity contribution in [2.24, 2.45) is 10.8 Å². The van der Waals surface area contributed by atoms with Gasteiger partial charge in [0.05, 0.1) is 0 Å². The number of piperidine rings is 2. The van der Waals surface area contributed by atoms with Crippen LogP contribution in [-0.4, -0.2) is 29.2 Å². The molecule has 3 aliphatic rings. The van der Waals surface area contributed by atoms with Gasteiger partial charge in [-0.1, -0.05) is 20.8 Å². The minimum Gasteiger partial charge on any atom is -0.295 e. The number of fused-ring (bicyclic) bond motifs is 2. The van der Waals surface area contributed by atoms with E-state index in [0.29, 0.717) is 12.0 Å². The summed E-state index contributed by atoms with van der Waals surface area (Å²) in [4.78, 5) is 2.35. The van der Waals surface area contributed by atoms with Crippen LogP contribution >= 0.6 is 0 Å². The van der Waals surface area contributed by atoms with E-state index in [1.54, 1.807) is 0 Å². The molecule has 3 rings (SSSR count). The molecule has 0 unspecified atom stereocenters. The molecule has 17 heavy (non-hydrogen) atoms. The molecule has 0 N–H and O–H groups in total. The molecule has 2 bridgehead atoms. The van der Waals surface area contributed by atoms with Gasteiger partial charge in [0.2, 0.25) is 0 Å². The normalized spacial score (nSPS) is 39.0. The van der Waals surface area contributed by atoms with E-state index >= 15 is 0 Å². The van der Waals surface area contributed by atoms with Gasteiger partial charge >= 0.3 is 0 Å². The number of nitrogens with zero attached hydrogens (tertiary/aromatic N) is 1. The smallest absolute Gasteiger partial charge is 0.124 e. The monoisotopic (exact) mass is 241 g/mol. The fraction of sp³-hybridized carbons (Fsp3) is 1.00. The van der Waals surface area contributed by atoms with Crippen LogP contribution in [0, 0.1) is 10.8 Å². The van der Waals surface area contributed by atoms with E-state index in [2.05, 4.69) is 46.4 Å². The van der Waals surface area contributed by atoms with Gasteiger partial charge in [-0.25, -0.2) is 4.39 Å². The molecule has 1 aliphatic carbocycles. The van der Waals surface area contributed by atoms with Gasteiger partial charge in [0.25, 0.3) is 0 Å². The van der Waals surface area contributed by atoms with Gasteiger partial charge in [0.1, 0.15) is 5.67 Å². The lowest BCUT2D eigenvalue weighted by Gasteiger charge is -2.63. The van der Waals surface area contributed by atoms with Crippen molar-refractivity contribution in [1.82, 2.24) is 4.90 Å². The minimum atomic E-state index is -0.892. The summed E-state index contributed by atoms with van der Waals surface area (Å²) >= 11 is 0. The molecule has 1 nitrogen and oxygen atoms in total. The number of rotatable bonds is 1. The highest BCUT2D eigenvalue weighted by molar-refractivity contribution is 5.13. The Bertz CT molecular complexity index is 302. The zero-order valence-corrected chi connectivity index (χ0v) is 12.4. The lowest BCUT2D eigenvalue weighted by molar-refractivity contribution is -0.180. The first-order chi connectivity index (χ1) is 7.43. The molecule has 2 saturated heterocycles. The second-order valence-corrected chi connectivity index (χ2v) is 8.77. The van der Waals surface area contributed by atoms with E-state index in [4.69, 9.17) is 0 Å². The molecule has 0 aromatic carbocycles. The van der Waals surface area contributed by atoms with Crippen molar-refractivity contribution in [3.05, 3.63) is 0 Å². The highest BCUT2D eigenvalue weighted by atomic mass is 19.1. The predicted octanol–water partition coefficient (Wildman–Crippen LogP) is 4.03. The van der Waals surface area contributed by atoms with E-state index in [0.717, 1.165) is 25.8 Å². The number of hydrogen-bond acceptors (Lipinski definition) is 1. The quantitative estimate of drug-likeness (QED) is 0.670. The van der Waals surface area contributed by atoms with E-state index in [1.807, 2.05) is 0 Å². The lowest BCUT2D eigenvalue weighted by atomic mass is 9.52. The molecular weight excluding hydrogens is 213 g/mol. The molecule has 2 heterocycles. The standard InChI is InChI=1S/C15H28FN/c1-12(2,3)7-14-8-15(16,9-14)11-17(10-14)13(4,5)6/h7-11H2,1-6H3. The molecule has 100 valence electrons. The van der Waals surface area contributed by atoms with E-state index in [-0.39, 0.29) is 11.0 Å². The van der Waals surface area contributed by atoms with Gasteiger partial charge in [0.15, 0.2) is 0 Å². The lowest BCUT2D eigenvalue weighted by Crippen LogP contribution is -2.68. The van der Waals surface area contributed by atoms with Crippen LogP contribution in [0.2, 0.25) is 0 Å². The van der Waals surface area contributed by atoms with Crippen LogP contribution in [0.25, 0.3) is 0 Å². The van der Waals surface area contributed by atoms with Crippen molar-refractivity contribution in [2.75, 3.05) is 13.1 Å². The summed E-state index contributed by atoms with van der Waals surface area (Å²) in [6, 6.07) is 0. The fourth-order valence-electron chi connectivity index (χ4n) is 4.10. The number of hydrogen-bond donors (Lipinski definition) is 0. The summed E-state index contributed by atoms with van der Waals surface area (Å²) in [5.41, 5.74) is -0.237. The Morgan fingerprint density at radius 3 is 1.94 bits per heavy atom. The van der Waals surface area contributed by atoms with Gasteiger partial charge in [-0.3, -0.25) is 4.90 Å². The van der Waals surface area contributed by atoms with Crippen LogP contribution in [0.1, 0.15) is 60.8 Å². The van der Waals surface area contributed by atoms with Crippen molar-refractivity contribution in [3.63, 3.8) is 0 Å². The average molecular weight is 241 g/mol. The van der Waals surface area contributed by atoms with E-state index in [1.165, 1.54) is 0 Å². The first-order valence-corrected chi connectivity index (χ1v) is 6.87. The summed E-state index contributed by atoms with van der Waals surface area (Å²) in [5, 5.41) is 0. The maximum absolute atomic E-state index is 14.5. The molecule has 0 aromatic heterocycles. The van der Waals surface area contributed by atoms with Gasteiger partial charge in [0, 0.05) is 18.6 Å². The zero-order valence-electron chi connectivity index (χ0n) is 12.4. The van der Waals surface area contributed by atoms with Crippen LogP contribution in [0.15, 0.2) is 0 Å². The summed E-state index contributed by atoms with van der Waals surface area (Å²) in [5.74, 6) is 0. The molecular formula is C15H28FN. The van der Waals surface area contributed by atoms with Gasteiger partial charge in [-0.05, 0) is 50.9 Å². The van der Waals surface area contributed by atoms with Gasteiger partial charge < -0.3 is 0 Å². The van der Waals surface area contributed by atoms with Crippen molar-refractivity contribution < 1.29 is 4.39 Å². The zero-order chi connectivity index (χ0) is 13.1. The van der Waals surface area contributed by atoms with E-state index < -0.39 is 5.67 Å². The molecule has 0 spiro atoms. The Hall–Kier alpha value is -0.110. The minimum absolute atomic E-state index is 0.0985. The van der Waals surface area contributed by atoms with Crippen LogP contribution < -0.4 is 0 Å². The topological polar surface area (TPSA) is 3.24 Å². The molecule has 1 saturated carbocycles. The molecule has 0 atom stereocenters. The first-order valence-electron chi connectivity index (χ1n) is 6.87. The summed E-state index contributed by atoms with van der Waals surface area (Å²) in [6.45, 7) is 15.1. The Balaban J connectivity index is 2.12. The predicted molar refractivity (Wildman–Crippen MR) is 70.9 cm³/mol. The third kappa shape index (κ3) is 2.67. The SMILES string of the molecule is CC(C)(C)CC12CN(C(C)(C)C)CC(F)(C1)C2. The second kappa shape index (κ2) is 3.46. The Morgan fingerprint density at radius 2 is 1.53 bits per heavy atom. The number of alkyl halides is 1. The number of halogens is 1. The van der Waals surface area contributed by atoms with Crippen LogP contribution in [0.3, 0.4) is 0 Å². The largest absolute Gasteiger partial charge is 0.295 e. The van der Waals surface area contributed by atoms with Gasteiger partial charge in [-0.2, -0.15) is 0 Å². The Labute approximate surface area is 106 Å². The molecule has 3 fully saturated rings. The maximum Gasteiger partial charge on any atom is 0.124 e. The Morgan fingerprint density at radius 1 is 1.00 bits per heavy atom. The second-order valence-electron chi connectivity index (χ2n) is 8.77. The summed E-state index contributed by atoms with van der Waals surface area (Å²) in [6.07, 6.45) is 2.74. The average Bonchev–Trinajstić information content (AvgIpc) is 1.93. The summed E-state index contributed by atoms with van der Waals surface area (Å²) < 4.78 is 14.5. The maximum atomic E-state index is 14.5. The van der Waals surface area contributed by atoms with Gasteiger partial charge in [-0.15, -0.1) is 0 Å². The molecule has 2 heteroatoms. The highest BCUT2D eigenvalue weighted by Crippen LogP contribution is 2.60. The third-order valence-corrected chi connectivity index (χ3v) is 4.24. The van der Waals surface area contributed by atoms with Crippen LogP contribution in [0.5, 0.6) is 0 Å². The molecule has 0 radical (unpaired) electrons. The Kier molecular flexibility index (Phi) is 2.72. The molecule has 0 amide bonds. The molecule has 2 aliphatic heterocycles. The molecule has 0 aromatic rings. The fourth-order valence-corrected chi connectivity index (χ4v) is 4.10. The van der Waals surface area contributed by atoms with Crippen LogP contribution in [0.4, 0.5) is 4.39 Å². The summed E-state index contributed by atoms with van der Waals surface area (Å²) in [7, 11) is 0. The van der Waals surface area contributed by atoms with E-state index in [9.17, 15) is 4.39 Å². The van der Waals surface area contributed by atoms with Crippen molar-refractivity contribution in [1.29, 1.82) is 0 Å². The van der Waals surface area contributed by atoms with Crippen LogP contribution in [-0.2, 0) is 0 Å². The van der Waals surface area contributed by atoms with Crippen molar-refractivity contribution in [2.45, 2.75) is 72.0 Å². The first kappa shape index (κ1) is 13.3. The van der Waals surface area contributed by atoms with Crippen molar-refractivity contribution >= 4 is 0 Å². The van der Waals surface area contributed by atoms with Crippen molar-refractivity contribution in [3.8, 4) is 0 Å². The highest BCUT2D eigenvalue weighted by Gasteiger charge is 2.61. The third-order valence-electron chi connectivity index (χ3n) is 4.24.